The second-order valence-corrected chi connectivity index (χ2v) is 9.86. The largest absolute Gasteiger partial charge is 0.497 e. The van der Waals surface area contributed by atoms with Gasteiger partial charge in [0.05, 0.1) is 14.2 Å². The lowest BCUT2D eigenvalue weighted by atomic mass is 10.0. The number of hydrogen-bond acceptors (Lipinski definition) is 8. The Labute approximate surface area is 212 Å². The number of nitrogens with one attached hydrogen (secondary N) is 3. The zero-order valence-electron chi connectivity index (χ0n) is 22.2. The van der Waals surface area contributed by atoms with Gasteiger partial charge in [-0.3, -0.25) is 5.32 Å². The van der Waals surface area contributed by atoms with Gasteiger partial charge in [-0.05, 0) is 78.0 Å². The number of ether oxygens (including phenoxy) is 2. The summed E-state index contributed by atoms with van der Waals surface area (Å²) in [5.74, 6) is 2.12. The van der Waals surface area contributed by atoms with E-state index in [2.05, 4.69) is 44.9 Å². The van der Waals surface area contributed by atoms with Crippen molar-refractivity contribution in [3.8, 4) is 22.6 Å². The number of aromatic nitrogens is 3. The third-order valence-corrected chi connectivity index (χ3v) is 5.27. The van der Waals surface area contributed by atoms with Crippen molar-refractivity contribution in [3.63, 3.8) is 0 Å². The van der Waals surface area contributed by atoms with Crippen LogP contribution in [0.4, 0.5) is 16.6 Å². The van der Waals surface area contributed by atoms with Crippen LogP contribution in [-0.2, 0) is 0 Å². The van der Waals surface area contributed by atoms with E-state index in [9.17, 15) is 4.79 Å². The van der Waals surface area contributed by atoms with Gasteiger partial charge >= 0.3 is 6.03 Å². The number of anilines is 2. The molecule has 10 heteroatoms. The highest BCUT2D eigenvalue weighted by Gasteiger charge is 2.18. The molecule has 0 aliphatic rings. The molecule has 0 saturated carbocycles. The number of rotatable bonds is 10. The highest BCUT2D eigenvalue weighted by atomic mass is 16.5. The standard InChI is InChI=1S/C26H37N7O3/c1-26(2,3)32-25(34)31-23-21(17-12-19(35-6)15-20(13-17)36-7)14-18-16-28-24(30-22(18)29-23)27-10-8-9-11-33(4)5/h12-16H,8-11H2,1-7H3,(H3,27,28,29,30,31,32,34). The van der Waals surface area contributed by atoms with Crippen LogP contribution >= 0.6 is 0 Å². The van der Waals surface area contributed by atoms with Crippen LogP contribution in [0.15, 0.2) is 30.5 Å². The molecule has 0 saturated heterocycles. The molecule has 2 aromatic heterocycles. The normalized spacial score (nSPS) is 11.4. The molecule has 0 spiro atoms. The van der Waals surface area contributed by atoms with Crippen LogP contribution in [0.2, 0.25) is 0 Å². The number of carbonyl (C=O) groups excluding carboxylic acids is 1. The van der Waals surface area contributed by atoms with Crippen LogP contribution in [0.1, 0.15) is 33.6 Å². The third kappa shape index (κ3) is 7.67. The first-order valence-corrected chi connectivity index (χ1v) is 12.0. The topological polar surface area (TPSA) is 114 Å². The number of pyridine rings is 1. The lowest BCUT2D eigenvalue weighted by molar-refractivity contribution is 0.243. The van der Waals surface area contributed by atoms with Crippen molar-refractivity contribution >= 4 is 28.8 Å². The molecule has 0 unspecified atom stereocenters. The lowest BCUT2D eigenvalue weighted by Crippen LogP contribution is -2.43. The predicted octanol–water partition coefficient (Wildman–Crippen LogP) is 4.38. The molecule has 0 fully saturated rings. The van der Waals surface area contributed by atoms with Crippen LogP contribution in [0.25, 0.3) is 22.2 Å². The van der Waals surface area contributed by atoms with Crippen LogP contribution in [0.3, 0.4) is 0 Å². The Bertz CT molecular complexity index is 1170. The molecular formula is C26H37N7O3. The summed E-state index contributed by atoms with van der Waals surface area (Å²) in [6.45, 7) is 7.54. The van der Waals surface area contributed by atoms with Crippen LogP contribution in [0, 0.1) is 0 Å². The van der Waals surface area contributed by atoms with Gasteiger partial charge in [0.25, 0.3) is 0 Å². The second kappa shape index (κ2) is 11.9. The summed E-state index contributed by atoms with van der Waals surface area (Å²) in [6.07, 6.45) is 3.82. The summed E-state index contributed by atoms with van der Waals surface area (Å²) < 4.78 is 10.9. The van der Waals surface area contributed by atoms with Gasteiger partial charge in [-0.1, -0.05) is 0 Å². The lowest BCUT2D eigenvalue weighted by Gasteiger charge is -2.21. The van der Waals surface area contributed by atoms with E-state index in [4.69, 9.17) is 14.5 Å². The van der Waals surface area contributed by atoms with Crippen molar-refractivity contribution in [2.24, 2.45) is 0 Å². The summed E-state index contributed by atoms with van der Waals surface area (Å²) in [5, 5.41) is 9.81. The summed E-state index contributed by atoms with van der Waals surface area (Å²) in [6, 6.07) is 7.06. The molecule has 2 amide bonds. The van der Waals surface area contributed by atoms with Gasteiger partial charge in [0, 0.05) is 35.3 Å². The van der Waals surface area contributed by atoms with Gasteiger partial charge < -0.3 is 25.0 Å². The molecule has 0 radical (unpaired) electrons. The maximum Gasteiger partial charge on any atom is 0.320 e. The minimum atomic E-state index is -0.411. The molecule has 3 rings (SSSR count). The first-order valence-electron chi connectivity index (χ1n) is 12.0. The van der Waals surface area contributed by atoms with Crippen molar-refractivity contribution in [3.05, 3.63) is 30.5 Å². The number of nitrogens with zero attached hydrogens (tertiary/aromatic N) is 4. The van der Waals surface area contributed by atoms with E-state index in [1.807, 2.05) is 39.0 Å². The van der Waals surface area contributed by atoms with Crippen molar-refractivity contribution < 1.29 is 14.3 Å². The number of urea groups is 1. The smallest absolute Gasteiger partial charge is 0.320 e. The summed E-state index contributed by atoms with van der Waals surface area (Å²) in [7, 11) is 7.32. The SMILES string of the molecule is COc1cc(OC)cc(-c2cc3cnc(NCCCCN(C)C)nc3nc2NC(=O)NC(C)(C)C)c1. The zero-order chi connectivity index (χ0) is 26.3. The monoisotopic (exact) mass is 495 g/mol. The molecule has 0 bridgehead atoms. The van der Waals surface area contributed by atoms with Gasteiger partial charge in [0.1, 0.15) is 17.3 Å². The van der Waals surface area contributed by atoms with Gasteiger partial charge in [-0.2, -0.15) is 4.98 Å². The molecule has 3 N–H and O–H groups in total. The van der Waals surface area contributed by atoms with E-state index in [0.29, 0.717) is 34.5 Å². The molecule has 1 aromatic carbocycles. The fourth-order valence-electron chi connectivity index (χ4n) is 3.56. The Morgan fingerprint density at radius 2 is 1.69 bits per heavy atom. The molecule has 3 aromatic rings. The Hall–Kier alpha value is -3.66. The second-order valence-electron chi connectivity index (χ2n) is 9.86. The Morgan fingerprint density at radius 1 is 1.00 bits per heavy atom. The first kappa shape index (κ1) is 26.9. The number of hydrogen-bond donors (Lipinski definition) is 3. The van der Waals surface area contributed by atoms with Gasteiger partial charge in [0.15, 0.2) is 5.65 Å². The van der Waals surface area contributed by atoms with Crippen molar-refractivity contribution in [2.75, 3.05) is 52.0 Å². The molecule has 194 valence electrons. The van der Waals surface area contributed by atoms with E-state index in [0.717, 1.165) is 36.9 Å². The number of carbonyl (C=O) groups is 1. The molecule has 0 aliphatic carbocycles. The minimum Gasteiger partial charge on any atom is -0.497 e. The number of methoxy groups -OCH3 is 2. The zero-order valence-corrected chi connectivity index (χ0v) is 22.2. The quantitative estimate of drug-likeness (QED) is 0.355. The Kier molecular flexibility index (Phi) is 8.87. The third-order valence-electron chi connectivity index (χ3n) is 5.27. The van der Waals surface area contributed by atoms with Crippen LogP contribution in [0.5, 0.6) is 11.5 Å². The molecule has 2 heterocycles. The molecule has 10 nitrogen and oxygen atoms in total. The fraction of sp³-hybridized carbons (Fsp3) is 0.462. The number of amides is 2. The molecule has 0 atom stereocenters. The molecule has 36 heavy (non-hydrogen) atoms. The summed E-state index contributed by atoms with van der Waals surface area (Å²) in [5.41, 5.74) is 1.53. The maximum absolute atomic E-state index is 12.8. The van der Waals surface area contributed by atoms with Crippen molar-refractivity contribution in [2.45, 2.75) is 39.2 Å². The number of benzene rings is 1. The van der Waals surface area contributed by atoms with E-state index in [-0.39, 0.29) is 6.03 Å². The first-order chi connectivity index (χ1) is 17.1. The summed E-state index contributed by atoms with van der Waals surface area (Å²) >= 11 is 0. The Balaban J connectivity index is 1.97. The minimum absolute atomic E-state index is 0.362. The number of fused-ring (bicyclic) bond motifs is 1. The molecule has 0 aliphatic heterocycles. The average molecular weight is 496 g/mol. The van der Waals surface area contributed by atoms with E-state index in [1.54, 1.807) is 26.5 Å². The van der Waals surface area contributed by atoms with Gasteiger partial charge in [-0.25, -0.2) is 14.8 Å². The van der Waals surface area contributed by atoms with Gasteiger partial charge in [-0.15, -0.1) is 0 Å². The maximum atomic E-state index is 12.8. The highest BCUT2D eigenvalue weighted by molar-refractivity contribution is 5.96. The van der Waals surface area contributed by atoms with Gasteiger partial charge in [0.2, 0.25) is 5.95 Å². The van der Waals surface area contributed by atoms with E-state index < -0.39 is 5.54 Å². The van der Waals surface area contributed by atoms with Crippen molar-refractivity contribution in [1.82, 2.24) is 25.2 Å². The highest BCUT2D eigenvalue weighted by Crippen LogP contribution is 2.35. The van der Waals surface area contributed by atoms with Crippen molar-refractivity contribution in [1.29, 1.82) is 0 Å². The van der Waals surface area contributed by atoms with Crippen LogP contribution in [-0.4, -0.2) is 72.8 Å². The Morgan fingerprint density at radius 3 is 2.31 bits per heavy atom. The summed E-state index contributed by atoms with van der Waals surface area (Å²) in [4.78, 5) is 28.7. The fourth-order valence-corrected chi connectivity index (χ4v) is 3.56. The average Bonchev–Trinajstić information content (AvgIpc) is 2.81. The van der Waals surface area contributed by atoms with E-state index in [1.165, 1.54) is 0 Å². The predicted molar refractivity (Wildman–Crippen MR) is 144 cm³/mol. The number of unbranched alkanes of at least 4 members (excludes halogenated alkanes) is 1. The van der Waals surface area contributed by atoms with Crippen LogP contribution < -0.4 is 25.4 Å². The van der Waals surface area contributed by atoms with E-state index >= 15 is 0 Å². The molecular weight excluding hydrogens is 458 g/mol.